The number of hydrogen-bond donors (Lipinski definition) is 2. The lowest BCUT2D eigenvalue weighted by atomic mass is 10.2. The molecular weight excluding hydrogens is 394 g/mol. The Balaban J connectivity index is 1.64. The van der Waals surface area contributed by atoms with E-state index in [1.807, 2.05) is 0 Å². The van der Waals surface area contributed by atoms with E-state index in [9.17, 15) is 14.7 Å². The Hall–Kier alpha value is -2.74. The highest BCUT2D eigenvalue weighted by atomic mass is 79.9. The molecule has 2 aromatic carbocycles. The summed E-state index contributed by atoms with van der Waals surface area (Å²) in [4.78, 5) is 24.3. The van der Waals surface area contributed by atoms with E-state index in [2.05, 4.69) is 21.2 Å². The van der Waals surface area contributed by atoms with E-state index in [-0.39, 0.29) is 18.1 Å². The highest BCUT2D eigenvalue weighted by Gasteiger charge is 2.22. The topological polar surface area (TPSA) is 94.1 Å². The van der Waals surface area contributed by atoms with Crippen molar-refractivity contribution in [3.05, 3.63) is 46.4 Å². The van der Waals surface area contributed by atoms with E-state index < -0.39 is 18.0 Å². The number of phenolic OH excluding ortho intramolecular Hbond substituents is 1. The zero-order valence-corrected chi connectivity index (χ0v) is 14.7. The number of halogens is 1. The summed E-state index contributed by atoms with van der Waals surface area (Å²) in [6.07, 6.45) is -1.06. The highest BCUT2D eigenvalue weighted by Crippen LogP contribution is 2.34. The molecule has 0 saturated heterocycles. The number of hydrogen-bond acceptors (Lipinski definition) is 6. The molecule has 0 radical (unpaired) electrons. The summed E-state index contributed by atoms with van der Waals surface area (Å²) in [5.74, 6) is -0.408. The third kappa shape index (κ3) is 3.85. The van der Waals surface area contributed by atoms with Crippen LogP contribution in [0, 0.1) is 0 Å². The van der Waals surface area contributed by atoms with Crippen LogP contribution in [-0.4, -0.2) is 29.9 Å². The van der Waals surface area contributed by atoms with Crippen molar-refractivity contribution in [2.45, 2.75) is 13.0 Å². The Morgan fingerprint density at radius 3 is 2.76 bits per heavy atom. The third-order valence-electron chi connectivity index (χ3n) is 3.47. The summed E-state index contributed by atoms with van der Waals surface area (Å²) in [5.41, 5.74) is 0.458. The number of carbonyl (C=O) groups excluding carboxylic acids is 2. The Bertz CT molecular complexity index is 838. The van der Waals surface area contributed by atoms with Crippen LogP contribution < -0.4 is 14.8 Å². The van der Waals surface area contributed by atoms with Crippen LogP contribution in [0.2, 0.25) is 0 Å². The van der Waals surface area contributed by atoms with E-state index in [1.165, 1.54) is 19.1 Å². The fraction of sp³-hybridized carbons (Fsp3) is 0.176. The minimum Gasteiger partial charge on any atom is -0.507 e. The number of nitrogens with one attached hydrogen (secondary N) is 1. The first kappa shape index (κ1) is 17.1. The van der Waals surface area contributed by atoms with Crippen LogP contribution in [0.25, 0.3) is 0 Å². The molecule has 1 heterocycles. The van der Waals surface area contributed by atoms with Crippen molar-refractivity contribution in [2.24, 2.45) is 0 Å². The number of phenols is 1. The van der Waals surface area contributed by atoms with E-state index in [1.54, 1.807) is 24.3 Å². The second-order valence-electron chi connectivity index (χ2n) is 5.27. The predicted octanol–water partition coefficient (Wildman–Crippen LogP) is 3.07. The minimum absolute atomic E-state index is 0.0305. The van der Waals surface area contributed by atoms with Crippen LogP contribution >= 0.6 is 15.9 Å². The molecular formula is C17H14BrNO6. The number of esters is 1. The fourth-order valence-electron chi connectivity index (χ4n) is 2.17. The molecule has 0 bridgehead atoms. The van der Waals surface area contributed by atoms with Gasteiger partial charge in [0.15, 0.2) is 17.6 Å². The lowest BCUT2D eigenvalue weighted by molar-refractivity contribution is -0.123. The zero-order valence-electron chi connectivity index (χ0n) is 13.1. The van der Waals surface area contributed by atoms with Crippen LogP contribution in [0.3, 0.4) is 0 Å². The van der Waals surface area contributed by atoms with Gasteiger partial charge in [-0.1, -0.05) is 15.9 Å². The molecule has 7 nitrogen and oxygen atoms in total. The van der Waals surface area contributed by atoms with Crippen LogP contribution in [0.15, 0.2) is 40.9 Å². The number of ether oxygens (including phenoxy) is 3. The van der Waals surface area contributed by atoms with Crippen molar-refractivity contribution in [2.75, 3.05) is 12.1 Å². The first-order chi connectivity index (χ1) is 11.9. The van der Waals surface area contributed by atoms with E-state index in [0.717, 1.165) is 0 Å². The summed E-state index contributed by atoms with van der Waals surface area (Å²) < 4.78 is 16.2. The Morgan fingerprint density at radius 1 is 1.20 bits per heavy atom. The molecule has 0 fully saturated rings. The molecule has 0 unspecified atom stereocenters. The number of benzene rings is 2. The molecule has 8 heteroatoms. The van der Waals surface area contributed by atoms with Gasteiger partial charge in [-0.15, -0.1) is 0 Å². The third-order valence-corrected chi connectivity index (χ3v) is 3.96. The van der Waals surface area contributed by atoms with Gasteiger partial charge in [0.05, 0.1) is 0 Å². The second-order valence-corrected chi connectivity index (χ2v) is 6.18. The van der Waals surface area contributed by atoms with Gasteiger partial charge in [0.1, 0.15) is 11.3 Å². The van der Waals surface area contributed by atoms with Crippen molar-refractivity contribution in [3.8, 4) is 17.2 Å². The molecule has 1 aliphatic heterocycles. The molecule has 0 aliphatic carbocycles. The standard InChI is InChI=1S/C17H14BrNO6/c1-9(25-17(22)12-6-10(18)2-4-13(12)20)16(21)19-11-3-5-14-15(7-11)24-8-23-14/h2-7,9,20H,8H2,1H3,(H,19,21)/t9-/m0/s1. The maximum Gasteiger partial charge on any atom is 0.342 e. The Labute approximate surface area is 151 Å². The van der Waals surface area contributed by atoms with Crippen molar-refractivity contribution < 1.29 is 28.9 Å². The van der Waals surface area contributed by atoms with Crippen molar-refractivity contribution in [3.63, 3.8) is 0 Å². The molecule has 2 N–H and O–H groups in total. The summed E-state index contributed by atoms with van der Waals surface area (Å²) >= 11 is 3.21. The molecule has 3 rings (SSSR count). The van der Waals surface area contributed by atoms with Gasteiger partial charge in [-0.2, -0.15) is 0 Å². The van der Waals surface area contributed by atoms with Gasteiger partial charge >= 0.3 is 5.97 Å². The molecule has 0 aromatic heterocycles. The smallest absolute Gasteiger partial charge is 0.342 e. The number of aromatic hydroxyl groups is 1. The predicted molar refractivity (Wildman–Crippen MR) is 91.9 cm³/mol. The number of anilines is 1. The van der Waals surface area contributed by atoms with Gasteiger partial charge < -0.3 is 24.6 Å². The van der Waals surface area contributed by atoms with Crippen LogP contribution in [-0.2, 0) is 9.53 Å². The lowest BCUT2D eigenvalue weighted by Crippen LogP contribution is -2.30. The molecule has 1 amide bonds. The number of amides is 1. The van der Waals surface area contributed by atoms with Gasteiger partial charge in [0.2, 0.25) is 6.79 Å². The van der Waals surface area contributed by atoms with Crippen LogP contribution in [0.1, 0.15) is 17.3 Å². The quantitative estimate of drug-likeness (QED) is 0.756. The van der Waals surface area contributed by atoms with E-state index >= 15 is 0 Å². The summed E-state index contributed by atoms with van der Waals surface area (Å²) in [6, 6.07) is 9.31. The highest BCUT2D eigenvalue weighted by molar-refractivity contribution is 9.10. The first-order valence-electron chi connectivity index (χ1n) is 7.34. The number of fused-ring (bicyclic) bond motifs is 1. The van der Waals surface area contributed by atoms with Gasteiger partial charge in [-0.3, -0.25) is 4.79 Å². The first-order valence-corrected chi connectivity index (χ1v) is 8.13. The van der Waals surface area contributed by atoms with Gasteiger partial charge in [-0.05, 0) is 37.3 Å². The molecule has 1 atom stereocenters. The van der Waals surface area contributed by atoms with E-state index in [0.29, 0.717) is 21.7 Å². The minimum atomic E-state index is -1.06. The zero-order chi connectivity index (χ0) is 18.0. The molecule has 0 saturated carbocycles. The summed E-state index contributed by atoms with van der Waals surface area (Å²) in [6.45, 7) is 1.58. The average Bonchev–Trinajstić information content (AvgIpc) is 3.04. The summed E-state index contributed by atoms with van der Waals surface area (Å²) in [5, 5.41) is 12.4. The van der Waals surface area contributed by atoms with Crippen molar-refractivity contribution in [1.82, 2.24) is 0 Å². The summed E-state index contributed by atoms with van der Waals surface area (Å²) in [7, 11) is 0. The van der Waals surface area contributed by atoms with Gasteiger partial charge in [0.25, 0.3) is 5.91 Å². The Morgan fingerprint density at radius 2 is 1.96 bits per heavy atom. The van der Waals surface area contributed by atoms with Gasteiger partial charge in [0, 0.05) is 16.2 Å². The average molecular weight is 408 g/mol. The fourth-order valence-corrected chi connectivity index (χ4v) is 2.53. The number of carbonyl (C=O) groups is 2. The monoisotopic (exact) mass is 407 g/mol. The van der Waals surface area contributed by atoms with E-state index in [4.69, 9.17) is 14.2 Å². The van der Waals surface area contributed by atoms with Crippen molar-refractivity contribution >= 4 is 33.5 Å². The van der Waals surface area contributed by atoms with Crippen LogP contribution in [0.4, 0.5) is 5.69 Å². The molecule has 0 spiro atoms. The van der Waals surface area contributed by atoms with Gasteiger partial charge in [-0.25, -0.2) is 4.79 Å². The maximum atomic E-state index is 12.2. The lowest BCUT2D eigenvalue weighted by Gasteiger charge is -2.14. The van der Waals surface area contributed by atoms with Crippen LogP contribution in [0.5, 0.6) is 17.2 Å². The SMILES string of the molecule is C[C@H](OC(=O)c1cc(Br)ccc1O)C(=O)Nc1ccc2c(c1)OCO2. The number of rotatable bonds is 4. The molecule has 130 valence electrons. The Kier molecular flexibility index (Phi) is 4.80. The second kappa shape index (κ2) is 7.02. The molecule has 2 aromatic rings. The molecule has 1 aliphatic rings. The largest absolute Gasteiger partial charge is 0.507 e. The normalized spacial score (nSPS) is 13.2. The van der Waals surface area contributed by atoms with Crippen molar-refractivity contribution in [1.29, 1.82) is 0 Å². The maximum absolute atomic E-state index is 12.2. The molecule has 25 heavy (non-hydrogen) atoms.